The van der Waals surface area contributed by atoms with Crippen LogP contribution in [0.25, 0.3) is 0 Å². The van der Waals surface area contributed by atoms with Crippen LogP contribution in [0, 0.1) is 0 Å². The fourth-order valence-electron chi connectivity index (χ4n) is 2.57. The number of carbonyl (C=O) groups excluding carboxylic acids is 1. The van der Waals surface area contributed by atoms with Gasteiger partial charge in [0.25, 0.3) is 0 Å². The molecule has 0 aliphatic heterocycles. The molecule has 0 heterocycles. The second-order valence-corrected chi connectivity index (χ2v) is 6.35. The standard InChI is InChI=1S/C16H29NO3/c1-3-19-15(18)16(2,17-13-9-10-13)11-4-5-12-20-14-7-6-8-14/h13-14,17H,3-12H2,1-2H3. The Labute approximate surface area is 122 Å². The average molecular weight is 283 g/mol. The number of hydrogen-bond donors (Lipinski definition) is 1. The summed E-state index contributed by atoms with van der Waals surface area (Å²) in [5.74, 6) is -0.105. The zero-order valence-electron chi connectivity index (χ0n) is 13.0. The Morgan fingerprint density at radius 2 is 2.00 bits per heavy atom. The van der Waals surface area contributed by atoms with Gasteiger partial charge in [-0.1, -0.05) is 0 Å². The van der Waals surface area contributed by atoms with Crippen molar-refractivity contribution in [3.8, 4) is 0 Å². The Morgan fingerprint density at radius 3 is 2.55 bits per heavy atom. The summed E-state index contributed by atoms with van der Waals surface area (Å²) in [6, 6.07) is 0.510. The molecule has 2 aliphatic carbocycles. The molecular weight excluding hydrogens is 254 g/mol. The molecule has 4 nitrogen and oxygen atoms in total. The highest BCUT2D eigenvalue weighted by Gasteiger charge is 2.39. The van der Waals surface area contributed by atoms with E-state index >= 15 is 0 Å². The average Bonchev–Trinajstić information content (AvgIpc) is 3.15. The first-order valence-corrected chi connectivity index (χ1v) is 8.20. The summed E-state index contributed by atoms with van der Waals surface area (Å²) in [6.45, 7) is 5.12. The van der Waals surface area contributed by atoms with Crippen molar-refractivity contribution in [1.82, 2.24) is 5.32 Å². The molecule has 2 fully saturated rings. The van der Waals surface area contributed by atoms with Gasteiger partial charge >= 0.3 is 5.97 Å². The summed E-state index contributed by atoms with van der Waals surface area (Å²) < 4.78 is 11.0. The number of rotatable bonds is 10. The monoisotopic (exact) mass is 283 g/mol. The minimum Gasteiger partial charge on any atom is -0.465 e. The molecular formula is C16H29NO3. The van der Waals surface area contributed by atoms with Crippen molar-refractivity contribution in [3.63, 3.8) is 0 Å². The highest BCUT2D eigenvalue weighted by molar-refractivity contribution is 5.80. The molecule has 0 saturated heterocycles. The van der Waals surface area contributed by atoms with Crippen molar-refractivity contribution in [2.45, 2.75) is 82.9 Å². The highest BCUT2D eigenvalue weighted by atomic mass is 16.5. The summed E-state index contributed by atoms with van der Waals surface area (Å²) in [6.07, 6.45) is 9.50. The van der Waals surface area contributed by atoms with Crippen LogP contribution in [0.3, 0.4) is 0 Å². The third kappa shape index (κ3) is 4.74. The van der Waals surface area contributed by atoms with Gasteiger partial charge in [-0.05, 0) is 65.2 Å². The normalized spacial score (nSPS) is 22.1. The minimum absolute atomic E-state index is 0.105. The molecule has 2 rings (SSSR count). The van der Waals surface area contributed by atoms with Crippen molar-refractivity contribution >= 4 is 5.97 Å². The van der Waals surface area contributed by atoms with Gasteiger partial charge in [0.15, 0.2) is 0 Å². The first-order chi connectivity index (χ1) is 9.64. The number of carbonyl (C=O) groups is 1. The maximum atomic E-state index is 12.1. The molecule has 0 aromatic carbocycles. The topological polar surface area (TPSA) is 47.6 Å². The molecule has 1 N–H and O–H groups in total. The molecule has 0 spiro atoms. The molecule has 4 heteroatoms. The van der Waals surface area contributed by atoms with Crippen LogP contribution in [-0.2, 0) is 14.3 Å². The highest BCUT2D eigenvalue weighted by Crippen LogP contribution is 2.26. The lowest BCUT2D eigenvalue weighted by molar-refractivity contribution is -0.151. The number of ether oxygens (including phenoxy) is 2. The molecule has 1 unspecified atom stereocenters. The SMILES string of the molecule is CCOC(=O)C(C)(CCCCOC1CCC1)NC1CC1. The zero-order chi connectivity index (χ0) is 14.4. The van der Waals surface area contributed by atoms with E-state index < -0.39 is 5.54 Å². The molecule has 20 heavy (non-hydrogen) atoms. The van der Waals surface area contributed by atoms with E-state index in [0.29, 0.717) is 18.8 Å². The van der Waals surface area contributed by atoms with Gasteiger partial charge in [0.1, 0.15) is 5.54 Å². The van der Waals surface area contributed by atoms with E-state index in [9.17, 15) is 4.79 Å². The van der Waals surface area contributed by atoms with Crippen molar-refractivity contribution < 1.29 is 14.3 Å². The minimum atomic E-state index is -0.520. The van der Waals surface area contributed by atoms with E-state index in [-0.39, 0.29) is 5.97 Å². The van der Waals surface area contributed by atoms with Crippen molar-refractivity contribution in [2.75, 3.05) is 13.2 Å². The van der Waals surface area contributed by atoms with Gasteiger partial charge in [0.2, 0.25) is 0 Å². The molecule has 2 saturated carbocycles. The molecule has 0 amide bonds. The predicted molar refractivity (Wildman–Crippen MR) is 78.6 cm³/mol. The Kier molecular flexibility index (Phi) is 5.85. The first kappa shape index (κ1) is 15.8. The van der Waals surface area contributed by atoms with Crippen LogP contribution in [0.1, 0.15) is 65.2 Å². The molecule has 0 bridgehead atoms. The predicted octanol–water partition coefficient (Wildman–Crippen LogP) is 2.80. The lowest BCUT2D eigenvalue weighted by Crippen LogP contribution is -2.51. The fourth-order valence-corrected chi connectivity index (χ4v) is 2.57. The van der Waals surface area contributed by atoms with E-state index in [1.807, 2.05) is 13.8 Å². The van der Waals surface area contributed by atoms with E-state index in [2.05, 4.69) is 5.32 Å². The fraction of sp³-hybridized carbons (Fsp3) is 0.938. The quantitative estimate of drug-likeness (QED) is 0.495. The van der Waals surface area contributed by atoms with Gasteiger partial charge in [-0.25, -0.2) is 0 Å². The Balaban J connectivity index is 1.67. The van der Waals surface area contributed by atoms with E-state index in [4.69, 9.17) is 9.47 Å². The van der Waals surface area contributed by atoms with Crippen LogP contribution >= 0.6 is 0 Å². The van der Waals surface area contributed by atoms with Crippen LogP contribution < -0.4 is 5.32 Å². The zero-order valence-corrected chi connectivity index (χ0v) is 13.0. The van der Waals surface area contributed by atoms with Gasteiger partial charge in [-0.3, -0.25) is 10.1 Å². The summed E-state index contributed by atoms with van der Waals surface area (Å²) >= 11 is 0. The summed E-state index contributed by atoms with van der Waals surface area (Å²) in [7, 11) is 0. The maximum absolute atomic E-state index is 12.1. The van der Waals surface area contributed by atoms with Gasteiger partial charge in [-0.2, -0.15) is 0 Å². The summed E-state index contributed by atoms with van der Waals surface area (Å²) in [5.41, 5.74) is -0.520. The summed E-state index contributed by atoms with van der Waals surface area (Å²) in [4.78, 5) is 12.1. The number of nitrogens with one attached hydrogen (secondary N) is 1. The van der Waals surface area contributed by atoms with Gasteiger partial charge in [0.05, 0.1) is 12.7 Å². The van der Waals surface area contributed by atoms with Gasteiger partial charge < -0.3 is 9.47 Å². The maximum Gasteiger partial charge on any atom is 0.326 e. The van der Waals surface area contributed by atoms with Crippen LogP contribution in [0.15, 0.2) is 0 Å². The van der Waals surface area contributed by atoms with Crippen LogP contribution in [0.5, 0.6) is 0 Å². The van der Waals surface area contributed by atoms with E-state index in [1.165, 1.54) is 32.1 Å². The molecule has 2 aliphatic rings. The Morgan fingerprint density at radius 1 is 1.25 bits per heavy atom. The molecule has 1 atom stereocenters. The van der Waals surface area contributed by atoms with E-state index in [0.717, 1.165) is 25.9 Å². The van der Waals surface area contributed by atoms with E-state index in [1.54, 1.807) is 0 Å². The van der Waals surface area contributed by atoms with Crippen LogP contribution in [0.2, 0.25) is 0 Å². The molecule has 0 aromatic heterocycles. The molecule has 0 aromatic rings. The lowest BCUT2D eigenvalue weighted by atomic mass is 9.94. The molecule has 0 radical (unpaired) electrons. The summed E-state index contributed by atoms with van der Waals surface area (Å²) in [5, 5.41) is 3.46. The largest absolute Gasteiger partial charge is 0.465 e. The second-order valence-electron chi connectivity index (χ2n) is 6.35. The molecule has 116 valence electrons. The van der Waals surface area contributed by atoms with Crippen molar-refractivity contribution in [2.24, 2.45) is 0 Å². The van der Waals surface area contributed by atoms with Gasteiger partial charge in [0, 0.05) is 12.6 Å². The third-order valence-electron chi connectivity index (χ3n) is 4.30. The third-order valence-corrected chi connectivity index (χ3v) is 4.30. The number of unbranched alkanes of at least 4 members (excludes halogenated alkanes) is 1. The smallest absolute Gasteiger partial charge is 0.326 e. The van der Waals surface area contributed by atoms with Crippen LogP contribution in [-0.4, -0.2) is 36.9 Å². The second kappa shape index (κ2) is 7.41. The first-order valence-electron chi connectivity index (χ1n) is 8.20. The van der Waals surface area contributed by atoms with Gasteiger partial charge in [-0.15, -0.1) is 0 Å². The Bertz CT molecular complexity index is 313. The van der Waals surface area contributed by atoms with Crippen molar-refractivity contribution in [3.05, 3.63) is 0 Å². The number of esters is 1. The van der Waals surface area contributed by atoms with Crippen molar-refractivity contribution in [1.29, 1.82) is 0 Å². The lowest BCUT2D eigenvalue weighted by Gasteiger charge is -2.29. The number of hydrogen-bond acceptors (Lipinski definition) is 4. The Hall–Kier alpha value is -0.610. The van der Waals surface area contributed by atoms with Crippen LogP contribution in [0.4, 0.5) is 0 Å².